The molecule has 4 nitrogen and oxygen atoms in total. The Morgan fingerprint density at radius 3 is 2.54 bits per heavy atom. The summed E-state index contributed by atoms with van der Waals surface area (Å²) in [7, 11) is 0. The van der Waals surface area contributed by atoms with Crippen molar-refractivity contribution in [3.63, 3.8) is 0 Å². The molecule has 5 heteroatoms. The molecule has 0 radical (unpaired) electrons. The molecular weight excluding hydrogens is 287 g/mol. The van der Waals surface area contributed by atoms with E-state index >= 15 is 0 Å². The number of carbonyl (C=O) groups is 1. The van der Waals surface area contributed by atoms with Crippen LogP contribution in [0.3, 0.4) is 0 Å². The molecule has 0 saturated carbocycles. The van der Waals surface area contributed by atoms with E-state index < -0.39 is 11.6 Å². The first-order valence-electron chi connectivity index (χ1n) is 3.30. The molecule has 0 aliphatic carbocycles. The lowest BCUT2D eigenvalue weighted by atomic mass is 10.5. The molecule has 0 aliphatic heterocycles. The molecule has 0 unspecified atom stereocenters. The summed E-state index contributed by atoms with van der Waals surface area (Å²) in [5.74, 6) is -0.185. The summed E-state index contributed by atoms with van der Waals surface area (Å²) < 4.78 is 5.09. The van der Waals surface area contributed by atoms with Crippen molar-refractivity contribution in [2.45, 2.75) is 0 Å². The Hall–Kier alpha value is -1.11. The van der Waals surface area contributed by atoms with Gasteiger partial charge in [0.05, 0.1) is 0 Å². The maximum Gasteiger partial charge on any atom is 0.511 e. The standard InChI is InChI=1S/C8H5IO4/c9-5-1-3-6(10)7(4-2-5)13-8(11)12/h1-4H,(H,11,12). The highest BCUT2D eigenvalue weighted by atomic mass is 127. The molecule has 1 rings (SSSR count). The van der Waals surface area contributed by atoms with E-state index in [2.05, 4.69) is 4.74 Å². The number of hydrogen-bond acceptors (Lipinski definition) is 3. The summed E-state index contributed by atoms with van der Waals surface area (Å²) >= 11 is 2.01. The Labute approximate surface area is 87.3 Å². The van der Waals surface area contributed by atoms with Gasteiger partial charge in [-0.2, -0.15) is 0 Å². The van der Waals surface area contributed by atoms with Crippen LogP contribution in [0.4, 0.5) is 4.79 Å². The van der Waals surface area contributed by atoms with Crippen molar-refractivity contribution < 1.29 is 14.6 Å². The van der Waals surface area contributed by atoms with Crippen LogP contribution in [0.2, 0.25) is 0 Å². The van der Waals surface area contributed by atoms with E-state index in [4.69, 9.17) is 5.11 Å². The van der Waals surface area contributed by atoms with Gasteiger partial charge in [-0.25, -0.2) is 4.79 Å². The lowest BCUT2D eigenvalue weighted by Gasteiger charge is -1.92. The molecule has 0 aromatic heterocycles. The SMILES string of the molecule is O=C(O)Oc1ccc(I)ccc1=O. The van der Waals surface area contributed by atoms with Gasteiger partial charge >= 0.3 is 6.16 Å². The smallest absolute Gasteiger partial charge is 0.449 e. The quantitative estimate of drug-likeness (QED) is 0.632. The Kier molecular flexibility index (Phi) is 3.24. The van der Waals surface area contributed by atoms with Crippen molar-refractivity contribution in [2.24, 2.45) is 0 Å². The number of rotatable bonds is 1. The third kappa shape index (κ3) is 3.02. The van der Waals surface area contributed by atoms with Gasteiger partial charge < -0.3 is 9.84 Å². The molecule has 0 heterocycles. The first-order valence-corrected chi connectivity index (χ1v) is 4.38. The first-order chi connectivity index (χ1) is 6.09. The van der Waals surface area contributed by atoms with Crippen molar-refractivity contribution in [2.75, 3.05) is 0 Å². The highest BCUT2D eigenvalue weighted by molar-refractivity contribution is 14.1. The van der Waals surface area contributed by atoms with Crippen LogP contribution in [0, 0.1) is 3.57 Å². The van der Waals surface area contributed by atoms with Crippen molar-refractivity contribution in [1.29, 1.82) is 0 Å². The van der Waals surface area contributed by atoms with Crippen LogP contribution in [0.1, 0.15) is 0 Å². The third-order valence-electron chi connectivity index (χ3n) is 1.23. The maximum absolute atomic E-state index is 11.1. The summed E-state index contributed by atoms with van der Waals surface area (Å²) in [4.78, 5) is 21.3. The molecule has 13 heavy (non-hydrogen) atoms. The fourth-order valence-electron chi connectivity index (χ4n) is 0.709. The van der Waals surface area contributed by atoms with Crippen molar-refractivity contribution in [3.05, 3.63) is 38.1 Å². The highest BCUT2D eigenvalue weighted by Gasteiger charge is 2.02. The molecule has 1 aromatic rings. The van der Waals surface area contributed by atoms with Crippen LogP contribution in [-0.2, 0) is 0 Å². The minimum absolute atomic E-state index is 0.185. The Morgan fingerprint density at radius 2 is 1.92 bits per heavy atom. The minimum Gasteiger partial charge on any atom is -0.449 e. The normalized spacial score (nSPS) is 9.31. The predicted octanol–water partition coefficient (Wildman–Crippen LogP) is 1.71. The van der Waals surface area contributed by atoms with Crippen LogP contribution >= 0.6 is 22.6 Å². The molecule has 1 N–H and O–H groups in total. The zero-order valence-corrected chi connectivity index (χ0v) is 8.52. The maximum atomic E-state index is 11.1. The second-order valence-corrected chi connectivity index (χ2v) is 3.39. The third-order valence-corrected chi connectivity index (χ3v) is 1.95. The number of carboxylic acid groups (broad SMARTS) is 1. The number of hydrogen-bond donors (Lipinski definition) is 1. The van der Waals surface area contributed by atoms with E-state index in [1.165, 1.54) is 12.1 Å². The second-order valence-electron chi connectivity index (χ2n) is 2.15. The summed E-state index contributed by atoms with van der Waals surface area (Å²) in [6, 6.07) is 5.77. The van der Waals surface area contributed by atoms with Crippen LogP contribution in [0.15, 0.2) is 29.1 Å². The molecule has 0 saturated heterocycles. The molecule has 1 aromatic carbocycles. The zero-order valence-electron chi connectivity index (χ0n) is 6.36. The van der Waals surface area contributed by atoms with Gasteiger partial charge in [0.2, 0.25) is 5.43 Å². The molecule has 68 valence electrons. The van der Waals surface area contributed by atoms with E-state index in [1.807, 2.05) is 22.6 Å². The van der Waals surface area contributed by atoms with E-state index in [9.17, 15) is 9.59 Å². The van der Waals surface area contributed by atoms with Crippen LogP contribution in [0.25, 0.3) is 0 Å². The molecule has 0 bridgehead atoms. The van der Waals surface area contributed by atoms with Gasteiger partial charge in [-0.3, -0.25) is 4.79 Å². The molecule has 0 amide bonds. The molecule has 0 aliphatic rings. The lowest BCUT2D eigenvalue weighted by Crippen LogP contribution is -2.09. The first kappa shape index (κ1) is 9.97. The van der Waals surface area contributed by atoms with E-state index in [-0.39, 0.29) is 5.75 Å². The molecule has 0 fully saturated rings. The molecule has 0 atom stereocenters. The van der Waals surface area contributed by atoms with Gasteiger partial charge in [0.1, 0.15) is 0 Å². The van der Waals surface area contributed by atoms with Gasteiger partial charge in [-0.05, 0) is 46.9 Å². The average molecular weight is 292 g/mol. The van der Waals surface area contributed by atoms with Gasteiger partial charge in [-0.1, -0.05) is 0 Å². The van der Waals surface area contributed by atoms with Gasteiger partial charge in [0.25, 0.3) is 0 Å². The predicted molar refractivity (Wildman–Crippen MR) is 54.1 cm³/mol. The summed E-state index contributed by atoms with van der Waals surface area (Å²) in [6.07, 6.45) is -1.49. The van der Waals surface area contributed by atoms with E-state index in [1.54, 1.807) is 12.1 Å². The van der Waals surface area contributed by atoms with Crippen molar-refractivity contribution in [3.8, 4) is 5.75 Å². The monoisotopic (exact) mass is 292 g/mol. The highest BCUT2D eigenvalue weighted by Crippen LogP contribution is 2.06. The van der Waals surface area contributed by atoms with E-state index in [0.717, 1.165) is 3.57 Å². The molecular formula is C8H5IO4. The zero-order chi connectivity index (χ0) is 9.84. The minimum atomic E-state index is -1.49. The van der Waals surface area contributed by atoms with Crippen molar-refractivity contribution in [1.82, 2.24) is 0 Å². The number of ether oxygens (including phenoxy) is 1. The Morgan fingerprint density at radius 1 is 1.31 bits per heavy atom. The summed E-state index contributed by atoms with van der Waals surface area (Å²) in [5, 5.41) is 8.28. The van der Waals surface area contributed by atoms with Crippen LogP contribution in [0.5, 0.6) is 5.75 Å². The van der Waals surface area contributed by atoms with Crippen molar-refractivity contribution >= 4 is 28.7 Å². The largest absolute Gasteiger partial charge is 0.511 e. The fraction of sp³-hybridized carbons (Fsp3) is 0. The van der Waals surface area contributed by atoms with Gasteiger partial charge in [-0.15, -0.1) is 0 Å². The lowest BCUT2D eigenvalue weighted by molar-refractivity contribution is 0.144. The van der Waals surface area contributed by atoms with Crippen LogP contribution in [-0.4, -0.2) is 11.3 Å². The Bertz CT molecular complexity index is 388. The average Bonchev–Trinajstić information content (AvgIpc) is 2.19. The fourth-order valence-corrected chi connectivity index (χ4v) is 1.07. The summed E-state index contributed by atoms with van der Waals surface area (Å²) in [6.45, 7) is 0. The van der Waals surface area contributed by atoms with E-state index in [0.29, 0.717) is 0 Å². The summed E-state index contributed by atoms with van der Waals surface area (Å²) in [5.41, 5.74) is -0.453. The van der Waals surface area contributed by atoms with Gasteiger partial charge in [0.15, 0.2) is 5.75 Å². The molecule has 0 spiro atoms. The van der Waals surface area contributed by atoms with Gasteiger partial charge in [0, 0.05) is 3.57 Å². The Balaban J connectivity index is 3.17. The van der Waals surface area contributed by atoms with Crippen LogP contribution < -0.4 is 10.2 Å². The second kappa shape index (κ2) is 4.22. The topological polar surface area (TPSA) is 63.6 Å². The number of halogens is 1.